The van der Waals surface area contributed by atoms with E-state index in [4.69, 9.17) is 9.47 Å². The third kappa shape index (κ3) is 5.31. The summed E-state index contributed by atoms with van der Waals surface area (Å²) in [5.74, 6) is 1.98. The van der Waals surface area contributed by atoms with Crippen LogP contribution < -0.4 is 10.1 Å². The molecule has 94 valence electrons. The van der Waals surface area contributed by atoms with Crippen molar-refractivity contribution in [2.24, 2.45) is 0 Å². The molecule has 17 heavy (non-hydrogen) atoms. The number of aromatic nitrogens is 2. The molecule has 0 fully saturated rings. The molecule has 1 N–H and O–H groups in total. The van der Waals surface area contributed by atoms with E-state index < -0.39 is 0 Å². The number of anilines is 1. The van der Waals surface area contributed by atoms with E-state index in [0.717, 1.165) is 11.4 Å². The number of nitrogens with one attached hydrogen (secondary N) is 1. The van der Waals surface area contributed by atoms with E-state index >= 15 is 0 Å². The summed E-state index contributed by atoms with van der Waals surface area (Å²) in [6.45, 7) is 9.41. The lowest BCUT2D eigenvalue weighted by Gasteiger charge is -2.08. The fourth-order valence-corrected chi connectivity index (χ4v) is 1.23. The van der Waals surface area contributed by atoms with Crippen molar-refractivity contribution in [3.05, 3.63) is 24.0 Å². The second-order valence-corrected chi connectivity index (χ2v) is 3.78. The lowest BCUT2D eigenvalue weighted by Crippen LogP contribution is -2.12. The lowest BCUT2D eigenvalue weighted by molar-refractivity contribution is 0.167. The molecule has 0 bridgehead atoms. The van der Waals surface area contributed by atoms with Crippen molar-refractivity contribution in [2.75, 3.05) is 32.2 Å². The summed E-state index contributed by atoms with van der Waals surface area (Å²) in [5.41, 5.74) is 1.02. The minimum atomic E-state index is 0.558. The number of rotatable bonds is 7. The van der Waals surface area contributed by atoms with Crippen molar-refractivity contribution in [2.45, 2.75) is 13.8 Å². The summed E-state index contributed by atoms with van der Waals surface area (Å²) >= 11 is 0. The Morgan fingerprint density at radius 1 is 1.47 bits per heavy atom. The average Bonchev–Trinajstić information content (AvgIpc) is 2.27. The largest absolute Gasteiger partial charge is 0.481 e. The Labute approximate surface area is 102 Å². The van der Waals surface area contributed by atoms with E-state index in [1.807, 2.05) is 13.8 Å². The second kappa shape index (κ2) is 6.85. The first-order chi connectivity index (χ1) is 8.11. The Morgan fingerprint density at radius 3 is 2.88 bits per heavy atom. The molecule has 0 aromatic carbocycles. The molecule has 0 aliphatic rings. The van der Waals surface area contributed by atoms with Crippen molar-refractivity contribution in [3.63, 3.8) is 0 Å². The summed E-state index contributed by atoms with van der Waals surface area (Å²) in [7, 11) is 1.58. The highest BCUT2D eigenvalue weighted by molar-refractivity contribution is 5.38. The Bertz CT molecular complexity index is 380. The van der Waals surface area contributed by atoms with Gasteiger partial charge in [0.2, 0.25) is 5.88 Å². The summed E-state index contributed by atoms with van der Waals surface area (Å²) in [6.07, 6.45) is 0. The van der Waals surface area contributed by atoms with E-state index in [-0.39, 0.29) is 0 Å². The normalized spacial score (nSPS) is 10.1. The van der Waals surface area contributed by atoms with Crippen molar-refractivity contribution in [3.8, 4) is 5.88 Å². The molecule has 0 unspecified atom stereocenters. The number of hydrogen-bond acceptors (Lipinski definition) is 5. The molecular formula is C12H19N3O2. The van der Waals surface area contributed by atoms with Gasteiger partial charge in [-0.3, -0.25) is 0 Å². The predicted molar refractivity (Wildman–Crippen MR) is 67.4 cm³/mol. The molecule has 0 atom stereocenters. The first-order valence-electron chi connectivity index (χ1n) is 5.47. The standard InChI is InChI=1S/C12H19N3O2/c1-9(2)8-17-6-5-13-11-7-12(16-4)15-10(3)14-11/h7H,1,5-6,8H2,2-4H3,(H,13,14,15). The predicted octanol–water partition coefficient (Wildman–Crippen LogP) is 1.80. The van der Waals surface area contributed by atoms with Crippen LogP contribution in [0.1, 0.15) is 12.7 Å². The maximum Gasteiger partial charge on any atom is 0.218 e. The summed E-state index contributed by atoms with van der Waals surface area (Å²) in [6, 6.07) is 1.76. The van der Waals surface area contributed by atoms with Crippen molar-refractivity contribution in [1.82, 2.24) is 9.97 Å². The van der Waals surface area contributed by atoms with Gasteiger partial charge in [0.1, 0.15) is 11.6 Å². The molecule has 1 heterocycles. The van der Waals surface area contributed by atoms with Crippen LogP contribution in [0.2, 0.25) is 0 Å². The minimum Gasteiger partial charge on any atom is -0.481 e. The van der Waals surface area contributed by atoms with Gasteiger partial charge in [0.25, 0.3) is 0 Å². The van der Waals surface area contributed by atoms with Crippen LogP contribution in [0, 0.1) is 6.92 Å². The summed E-state index contributed by atoms with van der Waals surface area (Å²) < 4.78 is 10.4. The molecular weight excluding hydrogens is 218 g/mol. The van der Waals surface area contributed by atoms with Gasteiger partial charge in [0.15, 0.2) is 0 Å². The Hall–Kier alpha value is -1.62. The van der Waals surface area contributed by atoms with Crippen LogP contribution >= 0.6 is 0 Å². The summed E-state index contributed by atoms with van der Waals surface area (Å²) in [5, 5.41) is 3.15. The Balaban J connectivity index is 2.36. The molecule has 0 spiro atoms. The van der Waals surface area contributed by atoms with Crippen LogP contribution in [-0.4, -0.2) is 36.8 Å². The molecule has 5 heteroatoms. The zero-order chi connectivity index (χ0) is 12.7. The highest BCUT2D eigenvalue weighted by Crippen LogP contribution is 2.12. The molecule has 5 nitrogen and oxygen atoms in total. The zero-order valence-electron chi connectivity index (χ0n) is 10.6. The average molecular weight is 237 g/mol. The van der Waals surface area contributed by atoms with Gasteiger partial charge in [-0.05, 0) is 13.8 Å². The van der Waals surface area contributed by atoms with Gasteiger partial charge in [-0.25, -0.2) is 4.98 Å². The van der Waals surface area contributed by atoms with Gasteiger partial charge >= 0.3 is 0 Å². The molecule has 1 aromatic rings. The molecule has 0 aliphatic carbocycles. The van der Waals surface area contributed by atoms with Crippen LogP contribution in [0.4, 0.5) is 5.82 Å². The smallest absolute Gasteiger partial charge is 0.218 e. The Morgan fingerprint density at radius 2 is 2.24 bits per heavy atom. The van der Waals surface area contributed by atoms with Crippen molar-refractivity contribution >= 4 is 5.82 Å². The number of aryl methyl sites for hydroxylation is 1. The van der Waals surface area contributed by atoms with Crippen LogP contribution in [0.25, 0.3) is 0 Å². The molecule has 0 saturated heterocycles. The maximum atomic E-state index is 5.37. The van der Waals surface area contributed by atoms with E-state index in [1.54, 1.807) is 13.2 Å². The molecule has 0 radical (unpaired) electrons. The van der Waals surface area contributed by atoms with Gasteiger partial charge in [0.05, 0.1) is 20.3 Å². The topological polar surface area (TPSA) is 56.3 Å². The van der Waals surface area contributed by atoms with Crippen LogP contribution in [-0.2, 0) is 4.74 Å². The quantitative estimate of drug-likeness (QED) is 0.579. The monoisotopic (exact) mass is 237 g/mol. The van der Waals surface area contributed by atoms with E-state index in [2.05, 4.69) is 21.9 Å². The van der Waals surface area contributed by atoms with Gasteiger partial charge in [-0.15, -0.1) is 0 Å². The third-order valence-electron chi connectivity index (χ3n) is 1.92. The molecule has 1 aromatic heterocycles. The van der Waals surface area contributed by atoms with Crippen LogP contribution in [0.3, 0.4) is 0 Å². The van der Waals surface area contributed by atoms with Gasteiger partial charge in [-0.2, -0.15) is 4.98 Å². The minimum absolute atomic E-state index is 0.558. The highest BCUT2D eigenvalue weighted by atomic mass is 16.5. The Kier molecular flexibility index (Phi) is 5.42. The van der Waals surface area contributed by atoms with E-state index in [9.17, 15) is 0 Å². The number of methoxy groups -OCH3 is 1. The molecule has 0 amide bonds. The second-order valence-electron chi connectivity index (χ2n) is 3.78. The number of ether oxygens (including phenoxy) is 2. The lowest BCUT2D eigenvalue weighted by atomic mass is 10.4. The molecule has 0 aliphatic heterocycles. The third-order valence-corrected chi connectivity index (χ3v) is 1.92. The SMILES string of the molecule is C=C(C)COCCNc1cc(OC)nc(C)n1. The maximum absolute atomic E-state index is 5.37. The first kappa shape index (κ1) is 13.4. The molecule has 0 saturated carbocycles. The van der Waals surface area contributed by atoms with Gasteiger partial charge in [-0.1, -0.05) is 12.2 Å². The molecule has 1 rings (SSSR count). The van der Waals surface area contributed by atoms with Gasteiger partial charge < -0.3 is 14.8 Å². The van der Waals surface area contributed by atoms with Crippen LogP contribution in [0.15, 0.2) is 18.2 Å². The fourth-order valence-electron chi connectivity index (χ4n) is 1.23. The van der Waals surface area contributed by atoms with Crippen molar-refractivity contribution in [1.29, 1.82) is 0 Å². The number of nitrogens with zero attached hydrogens (tertiary/aromatic N) is 2. The van der Waals surface area contributed by atoms with Crippen molar-refractivity contribution < 1.29 is 9.47 Å². The number of hydrogen-bond donors (Lipinski definition) is 1. The fraction of sp³-hybridized carbons (Fsp3) is 0.500. The highest BCUT2D eigenvalue weighted by Gasteiger charge is 2.00. The summed E-state index contributed by atoms with van der Waals surface area (Å²) in [4.78, 5) is 8.34. The zero-order valence-corrected chi connectivity index (χ0v) is 10.6. The van der Waals surface area contributed by atoms with Gasteiger partial charge in [0, 0.05) is 12.6 Å². The van der Waals surface area contributed by atoms with E-state index in [1.165, 1.54) is 0 Å². The van der Waals surface area contributed by atoms with E-state index in [0.29, 0.717) is 31.5 Å². The van der Waals surface area contributed by atoms with Crippen LogP contribution in [0.5, 0.6) is 5.88 Å². The first-order valence-corrected chi connectivity index (χ1v) is 5.47.